The van der Waals surface area contributed by atoms with Gasteiger partial charge in [0.1, 0.15) is 28.8 Å². The number of ether oxygens (including phenoxy) is 2. The Morgan fingerprint density at radius 3 is 2.33 bits per heavy atom. The van der Waals surface area contributed by atoms with E-state index in [2.05, 4.69) is 19.7 Å². The van der Waals surface area contributed by atoms with Crippen LogP contribution in [-0.2, 0) is 16.4 Å². The van der Waals surface area contributed by atoms with Crippen LogP contribution in [0.3, 0.4) is 0 Å². The molecule has 36 heavy (non-hydrogen) atoms. The Morgan fingerprint density at radius 1 is 1.17 bits per heavy atom. The molecule has 0 aliphatic heterocycles. The summed E-state index contributed by atoms with van der Waals surface area (Å²) in [6.07, 6.45) is 3.64. The molecule has 0 amide bonds. The van der Waals surface area contributed by atoms with E-state index in [-0.39, 0.29) is 28.8 Å². The number of rotatable bonds is 11. The Hall–Kier alpha value is -3.74. The minimum absolute atomic E-state index is 0.107. The molecule has 0 bridgehead atoms. The van der Waals surface area contributed by atoms with E-state index in [0.717, 1.165) is 18.8 Å². The lowest BCUT2D eigenvalue weighted by Crippen LogP contribution is -2.31. The van der Waals surface area contributed by atoms with Crippen molar-refractivity contribution in [2.24, 2.45) is 0 Å². The largest absolute Gasteiger partial charge is 0.494 e. The van der Waals surface area contributed by atoms with Crippen molar-refractivity contribution in [3.8, 4) is 23.1 Å². The van der Waals surface area contributed by atoms with Crippen LogP contribution in [0.2, 0.25) is 0 Å². The maximum atomic E-state index is 13.6. The van der Waals surface area contributed by atoms with Gasteiger partial charge >= 0.3 is 0 Å². The number of anilines is 1. The standard InChI is InChI=1S/C23H28FN5O6S/c1-5-6-10-18-27-22(30)19(23(31)29(18)20-16(34-3)8-7-9-17(20)35-4)28-36(32,33)13-14(2)21-25-11-15(24)12-26-21/h7-9,11-12,14,28,30H,5-6,10,13H2,1-4H3. The average Bonchev–Trinajstić information content (AvgIpc) is 2.85. The third kappa shape index (κ3) is 5.90. The van der Waals surface area contributed by atoms with Gasteiger partial charge in [0.15, 0.2) is 11.5 Å². The molecule has 0 fully saturated rings. The zero-order chi connectivity index (χ0) is 26.5. The fourth-order valence-electron chi connectivity index (χ4n) is 3.60. The molecule has 0 radical (unpaired) electrons. The van der Waals surface area contributed by atoms with E-state index in [1.807, 2.05) is 6.92 Å². The number of aromatic hydroxyl groups is 1. The third-order valence-corrected chi connectivity index (χ3v) is 6.78. The maximum absolute atomic E-state index is 13.6. The predicted octanol–water partition coefficient (Wildman–Crippen LogP) is 2.77. The first-order chi connectivity index (χ1) is 17.1. The number of aryl methyl sites for hydroxylation is 1. The summed E-state index contributed by atoms with van der Waals surface area (Å²) in [5.74, 6) is -1.79. The molecule has 0 aliphatic carbocycles. The van der Waals surface area contributed by atoms with E-state index >= 15 is 0 Å². The van der Waals surface area contributed by atoms with Crippen LogP contribution >= 0.6 is 0 Å². The van der Waals surface area contributed by atoms with Gasteiger partial charge in [-0.3, -0.25) is 14.1 Å². The van der Waals surface area contributed by atoms with E-state index in [4.69, 9.17) is 9.47 Å². The van der Waals surface area contributed by atoms with Crippen molar-refractivity contribution < 1.29 is 27.4 Å². The summed E-state index contributed by atoms with van der Waals surface area (Å²) < 4.78 is 53.2. The molecule has 194 valence electrons. The quantitative estimate of drug-likeness (QED) is 0.389. The summed E-state index contributed by atoms with van der Waals surface area (Å²) in [6.45, 7) is 3.50. The van der Waals surface area contributed by atoms with Gasteiger partial charge in [-0.1, -0.05) is 26.3 Å². The van der Waals surface area contributed by atoms with Gasteiger partial charge in [-0.25, -0.2) is 22.8 Å². The first-order valence-corrected chi connectivity index (χ1v) is 12.8. The molecule has 0 spiro atoms. The van der Waals surface area contributed by atoms with Crippen molar-refractivity contribution in [1.82, 2.24) is 19.5 Å². The minimum atomic E-state index is -4.20. The fourth-order valence-corrected chi connectivity index (χ4v) is 4.99. The highest BCUT2D eigenvalue weighted by Crippen LogP contribution is 2.33. The Kier molecular flexibility index (Phi) is 8.45. The van der Waals surface area contributed by atoms with Crippen molar-refractivity contribution in [3.63, 3.8) is 0 Å². The second-order valence-corrected chi connectivity index (χ2v) is 9.79. The highest BCUT2D eigenvalue weighted by atomic mass is 32.2. The summed E-state index contributed by atoms with van der Waals surface area (Å²) in [7, 11) is -1.35. The molecule has 13 heteroatoms. The summed E-state index contributed by atoms with van der Waals surface area (Å²) in [5, 5.41) is 10.6. The van der Waals surface area contributed by atoms with Crippen LogP contribution in [-0.4, -0.2) is 53.0 Å². The van der Waals surface area contributed by atoms with Crippen LogP contribution in [0.1, 0.15) is 44.3 Å². The molecule has 2 heterocycles. The Bertz CT molecular complexity index is 1360. The SMILES string of the molecule is CCCCc1nc(O)c(NS(=O)(=O)CC(C)c2ncc(F)cn2)c(=O)n1-c1c(OC)cccc1OC. The van der Waals surface area contributed by atoms with Crippen LogP contribution in [0.4, 0.5) is 10.1 Å². The number of aromatic nitrogens is 4. The molecule has 1 aromatic carbocycles. The summed E-state index contributed by atoms with van der Waals surface area (Å²) >= 11 is 0. The van der Waals surface area contributed by atoms with Crippen molar-refractivity contribution in [3.05, 3.63) is 58.4 Å². The molecule has 2 N–H and O–H groups in total. The number of nitrogens with one attached hydrogen (secondary N) is 1. The minimum Gasteiger partial charge on any atom is -0.494 e. The Labute approximate surface area is 208 Å². The molecule has 3 rings (SSSR count). The Balaban J connectivity index is 2.10. The van der Waals surface area contributed by atoms with Gasteiger partial charge in [0.25, 0.3) is 5.56 Å². The zero-order valence-electron chi connectivity index (χ0n) is 20.4. The van der Waals surface area contributed by atoms with Crippen LogP contribution in [0.5, 0.6) is 17.4 Å². The van der Waals surface area contributed by atoms with Gasteiger partial charge in [0, 0.05) is 12.3 Å². The monoisotopic (exact) mass is 521 g/mol. The lowest BCUT2D eigenvalue weighted by molar-refractivity contribution is 0.388. The number of halogens is 1. The van der Waals surface area contributed by atoms with E-state index in [1.165, 1.54) is 25.7 Å². The molecule has 0 aliphatic rings. The summed E-state index contributed by atoms with van der Waals surface area (Å²) in [5.41, 5.74) is -1.26. The van der Waals surface area contributed by atoms with Crippen molar-refractivity contribution >= 4 is 15.7 Å². The van der Waals surface area contributed by atoms with Crippen LogP contribution in [0.25, 0.3) is 5.69 Å². The normalized spacial score (nSPS) is 12.2. The molecule has 3 aromatic rings. The van der Waals surface area contributed by atoms with Crippen molar-refractivity contribution in [2.75, 3.05) is 24.7 Å². The van der Waals surface area contributed by atoms with Gasteiger partial charge in [-0.2, -0.15) is 4.98 Å². The maximum Gasteiger partial charge on any atom is 0.286 e. The van der Waals surface area contributed by atoms with Gasteiger partial charge in [-0.05, 0) is 18.6 Å². The molecule has 0 saturated heterocycles. The number of hydrogen-bond acceptors (Lipinski definition) is 9. The molecular formula is C23H28FN5O6S. The molecule has 11 nitrogen and oxygen atoms in total. The van der Waals surface area contributed by atoms with Gasteiger partial charge < -0.3 is 14.6 Å². The van der Waals surface area contributed by atoms with Crippen LogP contribution < -0.4 is 19.8 Å². The first kappa shape index (κ1) is 26.9. The number of hydrogen-bond donors (Lipinski definition) is 2. The van der Waals surface area contributed by atoms with E-state index in [1.54, 1.807) is 18.2 Å². The van der Waals surface area contributed by atoms with Gasteiger partial charge in [0.2, 0.25) is 15.9 Å². The van der Waals surface area contributed by atoms with Gasteiger partial charge in [0.05, 0.1) is 32.4 Å². The zero-order valence-corrected chi connectivity index (χ0v) is 21.2. The highest BCUT2D eigenvalue weighted by molar-refractivity contribution is 7.92. The molecule has 1 unspecified atom stereocenters. The predicted molar refractivity (Wildman–Crippen MR) is 131 cm³/mol. The third-order valence-electron chi connectivity index (χ3n) is 5.32. The molecule has 1 atom stereocenters. The second-order valence-electron chi connectivity index (χ2n) is 8.03. The fraction of sp³-hybridized carbons (Fsp3) is 0.391. The van der Waals surface area contributed by atoms with Crippen LogP contribution in [0, 0.1) is 5.82 Å². The number of benzene rings is 1. The number of methoxy groups -OCH3 is 2. The van der Waals surface area contributed by atoms with E-state index < -0.39 is 44.6 Å². The lowest BCUT2D eigenvalue weighted by atomic mass is 10.2. The second kappa shape index (κ2) is 11.3. The van der Waals surface area contributed by atoms with E-state index in [9.17, 15) is 22.7 Å². The molecule has 0 saturated carbocycles. The highest BCUT2D eigenvalue weighted by Gasteiger charge is 2.27. The Morgan fingerprint density at radius 2 is 1.78 bits per heavy atom. The number of nitrogens with zero attached hydrogens (tertiary/aromatic N) is 4. The number of unbranched alkanes of at least 4 members (excludes halogenated alkanes) is 1. The lowest BCUT2D eigenvalue weighted by Gasteiger charge is -2.20. The van der Waals surface area contributed by atoms with Crippen LogP contribution in [0.15, 0.2) is 35.4 Å². The average molecular weight is 522 g/mol. The summed E-state index contributed by atoms with van der Waals surface area (Å²) in [6, 6.07) is 4.91. The van der Waals surface area contributed by atoms with Crippen molar-refractivity contribution in [1.29, 1.82) is 0 Å². The van der Waals surface area contributed by atoms with E-state index in [0.29, 0.717) is 12.8 Å². The topological polar surface area (TPSA) is 146 Å². The molecule has 2 aromatic heterocycles. The number of para-hydroxylation sites is 1. The first-order valence-electron chi connectivity index (χ1n) is 11.2. The van der Waals surface area contributed by atoms with Crippen molar-refractivity contribution in [2.45, 2.75) is 39.0 Å². The smallest absolute Gasteiger partial charge is 0.286 e. The van der Waals surface area contributed by atoms with Gasteiger partial charge in [-0.15, -0.1) is 0 Å². The summed E-state index contributed by atoms with van der Waals surface area (Å²) in [4.78, 5) is 25.4. The molecular weight excluding hydrogens is 493 g/mol. The number of sulfonamides is 1.